The van der Waals surface area contributed by atoms with Crippen LogP contribution in [0.25, 0.3) is 0 Å². The molecule has 60 valence electrons. The molecule has 1 aromatic heterocycles. The Morgan fingerprint density at radius 1 is 1.55 bits per heavy atom. The topological polar surface area (TPSA) is 42.1 Å². The zero-order valence-corrected chi connectivity index (χ0v) is 6.63. The van der Waals surface area contributed by atoms with E-state index in [2.05, 4.69) is 4.98 Å². The highest BCUT2D eigenvalue weighted by Crippen LogP contribution is 2.09. The molecule has 1 aromatic rings. The molecular formula is C8H11NO2. The maximum atomic E-state index is 10.8. The molecule has 0 saturated heterocycles. The number of H-pyrrole nitrogens is 1. The van der Waals surface area contributed by atoms with Crippen molar-refractivity contribution in [3.05, 3.63) is 34.2 Å². The van der Waals surface area contributed by atoms with Gasteiger partial charge in [-0.1, -0.05) is 6.07 Å². The molecule has 0 aliphatic carbocycles. The van der Waals surface area contributed by atoms with Crippen molar-refractivity contribution in [3.8, 4) is 0 Å². The number of pyridine rings is 1. The summed E-state index contributed by atoms with van der Waals surface area (Å²) in [5, 5.41) is 0. The van der Waals surface area contributed by atoms with Crippen molar-refractivity contribution >= 4 is 0 Å². The molecule has 1 unspecified atom stereocenters. The zero-order chi connectivity index (χ0) is 8.27. The molecule has 1 N–H and O–H groups in total. The van der Waals surface area contributed by atoms with E-state index in [1.54, 1.807) is 13.2 Å². The van der Waals surface area contributed by atoms with E-state index in [4.69, 9.17) is 4.74 Å². The Labute approximate surface area is 65.0 Å². The molecule has 0 amide bonds. The SMILES string of the molecule is COC(C)c1cccc(=O)[nH]1. The zero-order valence-electron chi connectivity index (χ0n) is 6.63. The van der Waals surface area contributed by atoms with Gasteiger partial charge in [-0.25, -0.2) is 0 Å². The molecule has 11 heavy (non-hydrogen) atoms. The van der Waals surface area contributed by atoms with Gasteiger partial charge in [0, 0.05) is 18.9 Å². The Morgan fingerprint density at radius 2 is 2.27 bits per heavy atom. The second-order valence-corrected chi connectivity index (χ2v) is 2.35. The fraction of sp³-hybridized carbons (Fsp3) is 0.375. The minimum Gasteiger partial charge on any atom is -0.376 e. The predicted octanol–water partition coefficient (Wildman–Crippen LogP) is 1.08. The second-order valence-electron chi connectivity index (χ2n) is 2.35. The van der Waals surface area contributed by atoms with Crippen LogP contribution in [0.4, 0.5) is 0 Å². The summed E-state index contributed by atoms with van der Waals surface area (Å²) in [5.74, 6) is 0. The van der Waals surface area contributed by atoms with Gasteiger partial charge in [0.2, 0.25) is 5.56 Å². The number of hydrogen-bond acceptors (Lipinski definition) is 2. The van der Waals surface area contributed by atoms with E-state index in [1.165, 1.54) is 6.07 Å². The van der Waals surface area contributed by atoms with Crippen LogP contribution in [0.5, 0.6) is 0 Å². The lowest BCUT2D eigenvalue weighted by Crippen LogP contribution is -2.09. The summed E-state index contributed by atoms with van der Waals surface area (Å²) in [6.07, 6.45) is -0.0519. The third-order valence-electron chi connectivity index (χ3n) is 1.58. The van der Waals surface area contributed by atoms with Crippen molar-refractivity contribution in [1.82, 2.24) is 4.98 Å². The number of rotatable bonds is 2. The van der Waals surface area contributed by atoms with Crippen LogP contribution in [0.2, 0.25) is 0 Å². The van der Waals surface area contributed by atoms with E-state index in [-0.39, 0.29) is 11.7 Å². The Hall–Kier alpha value is -1.09. The van der Waals surface area contributed by atoms with Crippen molar-refractivity contribution in [2.24, 2.45) is 0 Å². The maximum absolute atomic E-state index is 10.8. The lowest BCUT2D eigenvalue weighted by molar-refractivity contribution is 0.116. The van der Waals surface area contributed by atoms with Crippen LogP contribution in [-0.2, 0) is 4.74 Å². The first-order valence-corrected chi connectivity index (χ1v) is 3.46. The van der Waals surface area contributed by atoms with Crippen LogP contribution >= 0.6 is 0 Å². The summed E-state index contributed by atoms with van der Waals surface area (Å²) in [7, 11) is 1.61. The van der Waals surface area contributed by atoms with Gasteiger partial charge in [-0.15, -0.1) is 0 Å². The molecule has 1 atom stereocenters. The summed E-state index contributed by atoms with van der Waals surface area (Å²) in [5.41, 5.74) is 0.714. The first-order chi connectivity index (χ1) is 5.24. The summed E-state index contributed by atoms with van der Waals surface area (Å²) in [6, 6.07) is 5.02. The highest BCUT2D eigenvalue weighted by atomic mass is 16.5. The largest absolute Gasteiger partial charge is 0.376 e. The Balaban J connectivity index is 2.96. The molecule has 0 bridgehead atoms. The van der Waals surface area contributed by atoms with Crippen LogP contribution in [0.1, 0.15) is 18.7 Å². The van der Waals surface area contributed by atoms with Crippen LogP contribution in [0.3, 0.4) is 0 Å². The van der Waals surface area contributed by atoms with Gasteiger partial charge < -0.3 is 9.72 Å². The number of aromatic amines is 1. The van der Waals surface area contributed by atoms with Crippen molar-refractivity contribution in [1.29, 1.82) is 0 Å². The Morgan fingerprint density at radius 3 is 2.82 bits per heavy atom. The minimum atomic E-state index is -0.0913. The Kier molecular flexibility index (Phi) is 2.44. The number of nitrogens with one attached hydrogen (secondary N) is 1. The minimum absolute atomic E-state index is 0.0519. The van der Waals surface area contributed by atoms with E-state index in [0.717, 1.165) is 5.69 Å². The third kappa shape index (κ3) is 1.91. The van der Waals surface area contributed by atoms with E-state index >= 15 is 0 Å². The van der Waals surface area contributed by atoms with Gasteiger partial charge in [-0.05, 0) is 13.0 Å². The summed E-state index contributed by atoms with van der Waals surface area (Å²) >= 11 is 0. The van der Waals surface area contributed by atoms with Gasteiger partial charge in [-0.3, -0.25) is 4.79 Å². The molecule has 0 spiro atoms. The summed E-state index contributed by atoms with van der Waals surface area (Å²) in [4.78, 5) is 13.5. The van der Waals surface area contributed by atoms with Gasteiger partial charge in [-0.2, -0.15) is 0 Å². The molecule has 1 heterocycles. The fourth-order valence-corrected chi connectivity index (χ4v) is 0.829. The van der Waals surface area contributed by atoms with Crippen molar-refractivity contribution in [2.75, 3.05) is 7.11 Å². The summed E-state index contributed by atoms with van der Waals surface area (Å²) in [6.45, 7) is 1.88. The van der Waals surface area contributed by atoms with E-state index in [9.17, 15) is 4.79 Å². The van der Waals surface area contributed by atoms with Gasteiger partial charge >= 0.3 is 0 Å². The molecule has 0 radical (unpaired) electrons. The number of methoxy groups -OCH3 is 1. The lowest BCUT2D eigenvalue weighted by atomic mass is 10.2. The maximum Gasteiger partial charge on any atom is 0.248 e. The second kappa shape index (κ2) is 3.34. The third-order valence-corrected chi connectivity index (χ3v) is 1.58. The summed E-state index contributed by atoms with van der Waals surface area (Å²) < 4.78 is 5.02. The molecular weight excluding hydrogens is 142 g/mol. The van der Waals surface area contributed by atoms with E-state index < -0.39 is 0 Å². The predicted molar refractivity (Wildman–Crippen MR) is 42.5 cm³/mol. The van der Waals surface area contributed by atoms with Crippen LogP contribution in [0, 0.1) is 0 Å². The molecule has 1 rings (SSSR count). The van der Waals surface area contributed by atoms with Crippen LogP contribution < -0.4 is 5.56 Å². The first-order valence-electron chi connectivity index (χ1n) is 3.46. The van der Waals surface area contributed by atoms with Gasteiger partial charge in [0.05, 0.1) is 6.10 Å². The highest BCUT2D eigenvalue weighted by molar-refractivity contribution is 5.05. The van der Waals surface area contributed by atoms with Crippen molar-refractivity contribution in [2.45, 2.75) is 13.0 Å². The number of hydrogen-bond donors (Lipinski definition) is 1. The highest BCUT2D eigenvalue weighted by Gasteiger charge is 2.01. The average Bonchev–Trinajstić information content (AvgIpc) is 2.03. The Bertz CT molecular complexity index is 279. The molecule has 3 nitrogen and oxygen atoms in total. The monoisotopic (exact) mass is 153 g/mol. The molecule has 3 heteroatoms. The molecule has 0 aromatic carbocycles. The van der Waals surface area contributed by atoms with E-state index in [0.29, 0.717) is 0 Å². The van der Waals surface area contributed by atoms with Gasteiger partial charge in [0.15, 0.2) is 0 Å². The molecule has 0 aliphatic heterocycles. The lowest BCUT2D eigenvalue weighted by Gasteiger charge is -2.07. The normalized spacial score (nSPS) is 12.9. The van der Waals surface area contributed by atoms with Crippen LogP contribution in [0.15, 0.2) is 23.0 Å². The van der Waals surface area contributed by atoms with Crippen LogP contribution in [-0.4, -0.2) is 12.1 Å². The smallest absolute Gasteiger partial charge is 0.248 e. The quantitative estimate of drug-likeness (QED) is 0.690. The molecule has 0 aliphatic rings. The van der Waals surface area contributed by atoms with Gasteiger partial charge in [0.25, 0.3) is 0 Å². The van der Waals surface area contributed by atoms with Crippen molar-refractivity contribution in [3.63, 3.8) is 0 Å². The number of ether oxygens (including phenoxy) is 1. The fourth-order valence-electron chi connectivity index (χ4n) is 0.829. The first kappa shape index (κ1) is 8.01. The van der Waals surface area contributed by atoms with E-state index in [1.807, 2.05) is 13.0 Å². The average molecular weight is 153 g/mol. The molecule has 0 saturated carbocycles. The van der Waals surface area contributed by atoms with Gasteiger partial charge in [0.1, 0.15) is 0 Å². The standard InChI is InChI=1S/C8H11NO2/c1-6(11-2)7-4-3-5-8(10)9-7/h3-6H,1-2H3,(H,9,10). The van der Waals surface area contributed by atoms with Crippen molar-refractivity contribution < 1.29 is 4.74 Å². The molecule has 0 fully saturated rings. The number of aromatic nitrogens is 1.